The van der Waals surface area contributed by atoms with Gasteiger partial charge in [0, 0.05) is 23.4 Å². The number of carbonyl (C=O) groups is 1. The van der Waals surface area contributed by atoms with E-state index in [1.54, 1.807) is 14.2 Å². The van der Waals surface area contributed by atoms with E-state index in [4.69, 9.17) is 9.47 Å². The fourth-order valence-electron chi connectivity index (χ4n) is 2.96. The second-order valence-electron chi connectivity index (χ2n) is 5.19. The normalized spacial score (nSPS) is 26.1. The topological polar surface area (TPSA) is 47.6 Å². The predicted molar refractivity (Wildman–Crippen MR) is 73.7 cm³/mol. The molecule has 0 saturated carbocycles. The number of amides is 1. The Morgan fingerprint density at radius 3 is 2.68 bits per heavy atom. The Kier molecular flexibility index (Phi) is 3.69. The van der Waals surface area contributed by atoms with Crippen LogP contribution in [0.1, 0.15) is 32.3 Å². The molecule has 1 aromatic carbocycles. The van der Waals surface area contributed by atoms with Gasteiger partial charge in [0.2, 0.25) is 5.91 Å². The minimum absolute atomic E-state index is 0.0965. The lowest BCUT2D eigenvalue weighted by molar-refractivity contribution is -0.119. The molecule has 1 aliphatic heterocycles. The third kappa shape index (κ3) is 2.27. The Morgan fingerprint density at radius 1 is 1.37 bits per heavy atom. The summed E-state index contributed by atoms with van der Waals surface area (Å²) in [6.45, 7) is 4.19. The number of rotatable bonds is 4. The molecule has 0 bridgehead atoms. The van der Waals surface area contributed by atoms with Crippen molar-refractivity contribution in [2.24, 2.45) is 0 Å². The Hall–Kier alpha value is -1.71. The number of nitrogens with one attached hydrogen (secondary N) is 1. The van der Waals surface area contributed by atoms with Gasteiger partial charge in [-0.05, 0) is 24.6 Å². The van der Waals surface area contributed by atoms with Crippen LogP contribution in [0.4, 0.5) is 0 Å². The summed E-state index contributed by atoms with van der Waals surface area (Å²) in [7, 11) is 3.29. The molecule has 19 heavy (non-hydrogen) atoms. The number of methoxy groups -OCH3 is 2. The van der Waals surface area contributed by atoms with Crippen molar-refractivity contribution in [3.63, 3.8) is 0 Å². The molecule has 1 aromatic rings. The first-order valence-electron chi connectivity index (χ1n) is 6.57. The molecular formula is C15H21NO3. The summed E-state index contributed by atoms with van der Waals surface area (Å²) in [5.74, 6) is 1.68. The molecule has 0 aromatic heterocycles. The Labute approximate surface area is 114 Å². The molecule has 104 valence electrons. The van der Waals surface area contributed by atoms with Gasteiger partial charge in [-0.2, -0.15) is 0 Å². The number of benzene rings is 1. The zero-order valence-corrected chi connectivity index (χ0v) is 11.9. The first kappa shape index (κ1) is 13.7. The standard InChI is InChI=1S/C15H21NO3/c1-5-13-15(2,9-14(17)16-13)11-8-10(18-3)6-7-12(11)19-4/h6-8,13H,5,9H2,1-4H3,(H,16,17). The minimum atomic E-state index is -0.258. The number of carbonyl (C=O) groups excluding carboxylic acids is 1. The van der Waals surface area contributed by atoms with Gasteiger partial charge in [0.1, 0.15) is 11.5 Å². The molecule has 0 aliphatic carbocycles. The molecule has 1 fully saturated rings. The van der Waals surface area contributed by atoms with Crippen molar-refractivity contribution in [3.8, 4) is 11.5 Å². The van der Waals surface area contributed by atoms with Gasteiger partial charge in [-0.15, -0.1) is 0 Å². The number of hydrogen-bond acceptors (Lipinski definition) is 3. The van der Waals surface area contributed by atoms with Crippen molar-refractivity contribution in [1.82, 2.24) is 5.32 Å². The summed E-state index contributed by atoms with van der Waals surface area (Å²) in [5, 5.41) is 3.05. The molecule has 1 aliphatic rings. The molecular weight excluding hydrogens is 242 g/mol. The predicted octanol–water partition coefficient (Wildman–Crippen LogP) is 2.26. The number of hydrogen-bond donors (Lipinski definition) is 1. The van der Waals surface area contributed by atoms with E-state index >= 15 is 0 Å². The van der Waals surface area contributed by atoms with Crippen LogP contribution in [0.3, 0.4) is 0 Å². The van der Waals surface area contributed by atoms with E-state index in [9.17, 15) is 4.79 Å². The molecule has 2 atom stereocenters. The highest BCUT2D eigenvalue weighted by molar-refractivity contribution is 5.82. The van der Waals surface area contributed by atoms with E-state index in [1.807, 2.05) is 18.2 Å². The zero-order valence-electron chi connectivity index (χ0n) is 11.9. The highest BCUT2D eigenvalue weighted by atomic mass is 16.5. The van der Waals surface area contributed by atoms with Gasteiger partial charge in [0.15, 0.2) is 0 Å². The first-order chi connectivity index (χ1) is 9.05. The van der Waals surface area contributed by atoms with Crippen LogP contribution in [0, 0.1) is 0 Å². The third-order valence-electron chi connectivity index (χ3n) is 4.06. The van der Waals surface area contributed by atoms with Crippen LogP contribution in [0.2, 0.25) is 0 Å². The van der Waals surface area contributed by atoms with E-state index in [0.29, 0.717) is 6.42 Å². The fourth-order valence-corrected chi connectivity index (χ4v) is 2.96. The Balaban J connectivity index is 2.52. The van der Waals surface area contributed by atoms with Crippen LogP contribution in [0.25, 0.3) is 0 Å². The maximum atomic E-state index is 11.8. The van der Waals surface area contributed by atoms with Gasteiger partial charge in [0.05, 0.1) is 14.2 Å². The SMILES string of the molecule is CCC1NC(=O)CC1(C)c1cc(OC)ccc1OC. The Bertz CT molecular complexity index is 486. The van der Waals surface area contributed by atoms with Crippen molar-refractivity contribution >= 4 is 5.91 Å². The molecule has 1 heterocycles. The van der Waals surface area contributed by atoms with E-state index in [-0.39, 0.29) is 17.4 Å². The lowest BCUT2D eigenvalue weighted by Gasteiger charge is -2.31. The van der Waals surface area contributed by atoms with Crippen LogP contribution in [-0.4, -0.2) is 26.2 Å². The molecule has 1 amide bonds. The summed E-state index contributed by atoms with van der Waals surface area (Å²) in [5.41, 5.74) is 0.769. The van der Waals surface area contributed by atoms with Crippen molar-refractivity contribution < 1.29 is 14.3 Å². The van der Waals surface area contributed by atoms with Crippen molar-refractivity contribution in [2.75, 3.05) is 14.2 Å². The lowest BCUT2D eigenvalue weighted by Crippen LogP contribution is -2.38. The van der Waals surface area contributed by atoms with Gasteiger partial charge in [-0.3, -0.25) is 4.79 Å². The molecule has 4 heteroatoms. The average molecular weight is 263 g/mol. The summed E-state index contributed by atoms with van der Waals surface area (Å²) < 4.78 is 10.7. The van der Waals surface area contributed by atoms with Crippen molar-refractivity contribution in [2.45, 2.75) is 38.1 Å². The van der Waals surface area contributed by atoms with Gasteiger partial charge in [-0.1, -0.05) is 13.8 Å². The smallest absolute Gasteiger partial charge is 0.221 e. The van der Waals surface area contributed by atoms with Crippen molar-refractivity contribution in [3.05, 3.63) is 23.8 Å². The molecule has 0 radical (unpaired) electrons. The van der Waals surface area contributed by atoms with Gasteiger partial charge in [-0.25, -0.2) is 0 Å². The molecule has 2 unspecified atom stereocenters. The quantitative estimate of drug-likeness (QED) is 0.906. The van der Waals surface area contributed by atoms with Gasteiger partial charge in [0.25, 0.3) is 0 Å². The second-order valence-corrected chi connectivity index (χ2v) is 5.19. The highest BCUT2D eigenvalue weighted by Crippen LogP contribution is 2.42. The summed E-state index contributed by atoms with van der Waals surface area (Å²) in [6, 6.07) is 5.87. The van der Waals surface area contributed by atoms with Crippen LogP contribution in [0.15, 0.2) is 18.2 Å². The molecule has 2 rings (SSSR count). The summed E-state index contributed by atoms with van der Waals surface area (Å²) in [6.07, 6.45) is 1.37. The molecule has 1 N–H and O–H groups in total. The summed E-state index contributed by atoms with van der Waals surface area (Å²) >= 11 is 0. The third-order valence-corrected chi connectivity index (χ3v) is 4.06. The van der Waals surface area contributed by atoms with E-state index in [2.05, 4.69) is 19.2 Å². The van der Waals surface area contributed by atoms with Crippen LogP contribution >= 0.6 is 0 Å². The highest BCUT2D eigenvalue weighted by Gasteiger charge is 2.45. The monoisotopic (exact) mass is 263 g/mol. The zero-order chi connectivity index (χ0) is 14.0. The maximum absolute atomic E-state index is 11.8. The Morgan fingerprint density at radius 2 is 2.11 bits per heavy atom. The first-order valence-corrected chi connectivity index (χ1v) is 6.57. The molecule has 0 spiro atoms. The van der Waals surface area contributed by atoms with Crippen LogP contribution in [-0.2, 0) is 10.2 Å². The second kappa shape index (κ2) is 5.11. The van der Waals surface area contributed by atoms with Gasteiger partial charge < -0.3 is 14.8 Å². The molecule has 1 saturated heterocycles. The van der Waals surface area contributed by atoms with Crippen molar-refractivity contribution in [1.29, 1.82) is 0 Å². The van der Waals surface area contributed by atoms with Crippen LogP contribution in [0.5, 0.6) is 11.5 Å². The molecule has 4 nitrogen and oxygen atoms in total. The minimum Gasteiger partial charge on any atom is -0.497 e. The van der Waals surface area contributed by atoms with Gasteiger partial charge >= 0.3 is 0 Å². The number of ether oxygens (including phenoxy) is 2. The average Bonchev–Trinajstić information content (AvgIpc) is 2.73. The summed E-state index contributed by atoms with van der Waals surface area (Å²) in [4.78, 5) is 11.8. The maximum Gasteiger partial charge on any atom is 0.221 e. The van der Waals surface area contributed by atoms with E-state index < -0.39 is 0 Å². The fraction of sp³-hybridized carbons (Fsp3) is 0.533. The van der Waals surface area contributed by atoms with Crippen LogP contribution < -0.4 is 14.8 Å². The van der Waals surface area contributed by atoms with E-state index in [0.717, 1.165) is 23.5 Å². The lowest BCUT2D eigenvalue weighted by atomic mass is 9.74. The van der Waals surface area contributed by atoms with E-state index in [1.165, 1.54) is 0 Å². The largest absolute Gasteiger partial charge is 0.497 e.